The van der Waals surface area contributed by atoms with Gasteiger partial charge in [-0.1, -0.05) is 44.0 Å². The molecule has 1 aromatic rings. The molecule has 1 rings (SSSR count). The van der Waals surface area contributed by atoms with Gasteiger partial charge in [0.2, 0.25) is 0 Å². The second-order valence-electron chi connectivity index (χ2n) is 5.07. The third kappa shape index (κ3) is 4.15. The third-order valence-corrected chi connectivity index (χ3v) is 3.16. The molecule has 1 N–H and O–H groups in total. The van der Waals surface area contributed by atoms with E-state index in [1.54, 1.807) is 0 Å². The van der Waals surface area contributed by atoms with Crippen LogP contribution in [0.1, 0.15) is 45.6 Å². The van der Waals surface area contributed by atoms with Gasteiger partial charge in [-0.2, -0.15) is 0 Å². The quantitative estimate of drug-likeness (QED) is 0.810. The van der Waals surface area contributed by atoms with Gasteiger partial charge in [-0.3, -0.25) is 0 Å². The lowest BCUT2D eigenvalue weighted by atomic mass is 9.89. The Labute approximate surface area is 103 Å². The molecule has 0 saturated heterocycles. The smallest absolute Gasteiger partial charge is 0.0868 e. The molecule has 0 bridgehead atoms. The topological polar surface area (TPSA) is 20.2 Å². The van der Waals surface area contributed by atoms with Crippen LogP contribution in [0.3, 0.4) is 0 Å². The predicted molar refractivity (Wildman–Crippen MR) is 69.7 cm³/mol. The molecule has 0 aliphatic rings. The van der Waals surface area contributed by atoms with Crippen molar-refractivity contribution in [2.24, 2.45) is 5.92 Å². The zero-order valence-electron chi connectivity index (χ0n) is 10.3. The van der Waals surface area contributed by atoms with Gasteiger partial charge in [0.15, 0.2) is 0 Å². The Balaban J connectivity index is 2.59. The van der Waals surface area contributed by atoms with Crippen LogP contribution in [-0.2, 0) is 5.60 Å². The first-order valence-electron chi connectivity index (χ1n) is 5.90. The Hall–Kier alpha value is -0.530. The summed E-state index contributed by atoms with van der Waals surface area (Å²) in [5.41, 5.74) is 0.208. The minimum absolute atomic E-state index is 0.695. The Kier molecular flexibility index (Phi) is 4.82. The molecule has 1 unspecified atom stereocenters. The van der Waals surface area contributed by atoms with Crippen LogP contribution in [0.25, 0.3) is 0 Å². The Morgan fingerprint density at radius 2 is 1.81 bits per heavy atom. The predicted octanol–water partition coefficient (Wildman–Crippen LogP) is 4.37. The third-order valence-electron chi connectivity index (χ3n) is 2.91. The Morgan fingerprint density at radius 3 is 2.31 bits per heavy atom. The van der Waals surface area contributed by atoms with E-state index in [4.69, 9.17) is 11.6 Å². The van der Waals surface area contributed by atoms with Gasteiger partial charge in [0.1, 0.15) is 0 Å². The molecule has 1 nitrogen and oxygen atoms in total. The van der Waals surface area contributed by atoms with Gasteiger partial charge in [-0.25, -0.2) is 0 Å². The number of hydrogen-bond acceptors (Lipinski definition) is 1. The van der Waals surface area contributed by atoms with Crippen LogP contribution >= 0.6 is 11.6 Å². The van der Waals surface area contributed by atoms with Gasteiger partial charge in [-0.05, 0) is 43.4 Å². The summed E-state index contributed by atoms with van der Waals surface area (Å²) >= 11 is 5.83. The normalized spacial score (nSPS) is 15.1. The average molecular weight is 241 g/mol. The van der Waals surface area contributed by atoms with E-state index in [0.717, 1.165) is 24.8 Å². The molecule has 0 fully saturated rings. The first kappa shape index (κ1) is 13.5. The number of benzene rings is 1. The van der Waals surface area contributed by atoms with Gasteiger partial charge in [0.05, 0.1) is 5.60 Å². The van der Waals surface area contributed by atoms with Crippen LogP contribution in [-0.4, -0.2) is 5.11 Å². The molecule has 0 saturated carbocycles. The average Bonchev–Trinajstić information content (AvgIpc) is 2.17. The fraction of sp³-hybridized carbons (Fsp3) is 0.571. The van der Waals surface area contributed by atoms with Gasteiger partial charge in [0, 0.05) is 5.02 Å². The fourth-order valence-corrected chi connectivity index (χ4v) is 1.93. The summed E-state index contributed by atoms with van der Waals surface area (Å²) in [6.07, 6.45) is 3.00. The maximum absolute atomic E-state index is 10.3. The minimum atomic E-state index is -0.737. The summed E-state index contributed by atoms with van der Waals surface area (Å²) < 4.78 is 0. The van der Waals surface area contributed by atoms with Crippen LogP contribution in [0.2, 0.25) is 5.02 Å². The Bertz CT molecular complexity index is 314. The highest BCUT2D eigenvalue weighted by Gasteiger charge is 2.22. The van der Waals surface area contributed by atoms with Crippen molar-refractivity contribution in [1.82, 2.24) is 0 Å². The van der Waals surface area contributed by atoms with Crippen LogP contribution in [0, 0.1) is 5.92 Å². The lowest BCUT2D eigenvalue weighted by Gasteiger charge is -2.24. The molecule has 0 spiro atoms. The zero-order chi connectivity index (χ0) is 12.2. The highest BCUT2D eigenvalue weighted by Crippen LogP contribution is 2.28. The van der Waals surface area contributed by atoms with Gasteiger partial charge in [-0.15, -0.1) is 0 Å². The van der Waals surface area contributed by atoms with Gasteiger partial charge in [0.25, 0.3) is 0 Å². The van der Waals surface area contributed by atoms with Crippen molar-refractivity contribution in [1.29, 1.82) is 0 Å². The molecule has 2 heteroatoms. The summed E-state index contributed by atoms with van der Waals surface area (Å²) in [6.45, 7) is 6.28. The molecule has 0 aliphatic carbocycles. The van der Waals surface area contributed by atoms with Crippen molar-refractivity contribution < 1.29 is 5.11 Å². The number of aliphatic hydroxyl groups is 1. The number of halogens is 1. The molecule has 0 amide bonds. The Morgan fingerprint density at radius 1 is 1.25 bits per heavy atom. The van der Waals surface area contributed by atoms with E-state index >= 15 is 0 Å². The number of rotatable bonds is 5. The standard InChI is InChI=1S/C14H21ClO/c1-11(2)5-4-10-14(3,16)12-6-8-13(15)9-7-12/h6-9,11,16H,4-5,10H2,1-3H3. The van der Waals surface area contributed by atoms with E-state index in [9.17, 15) is 5.11 Å². The SMILES string of the molecule is CC(C)CCCC(C)(O)c1ccc(Cl)cc1. The van der Waals surface area contributed by atoms with Crippen molar-refractivity contribution >= 4 is 11.6 Å². The van der Waals surface area contributed by atoms with E-state index in [0.29, 0.717) is 10.9 Å². The van der Waals surface area contributed by atoms with Crippen molar-refractivity contribution in [2.75, 3.05) is 0 Å². The van der Waals surface area contributed by atoms with Crippen LogP contribution in [0.4, 0.5) is 0 Å². The molecule has 0 heterocycles. The van der Waals surface area contributed by atoms with Crippen LogP contribution in [0.5, 0.6) is 0 Å². The van der Waals surface area contributed by atoms with Crippen molar-refractivity contribution in [3.63, 3.8) is 0 Å². The molecule has 0 radical (unpaired) electrons. The van der Waals surface area contributed by atoms with E-state index in [1.165, 1.54) is 0 Å². The lowest BCUT2D eigenvalue weighted by molar-refractivity contribution is 0.0441. The van der Waals surface area contributed by atoms with Crippen LogP contribution in [0.15, 0.2) is 24.3 Å². The van der Waals surface area contributed by atoms with Gasteiger partial charge >= 0.3 is 0 Å². The first-order valence-corrected chi connectivity index (χ1v) is 6.28. The van der Waals surface area contributed by atoms with E-state index in [1.807, 2.05) is 31.2 Å². The highest BCUT2D eigenvalue weighted by molar-refractivity contribution is 6.30. The first-order chi connectivity index (χ1) is 7.42. The van der Waals surface area contributed by atoms with Gasteiger partial charge < -0.3 is 5.11 Å². The van der Waals surface area contributed by atoms with Crippen molar-refractivity contribution in [3.05, 3.63) is 34.9 Å². The molecule has 1 aromatic carbocycles. The van der Waals surface area contributed by atoms with Crippen molar-refractivity contribution in [2.45, 2.75) is 45.6 Å². The largest absolute Gasteiger partial charge is 0.385 e. The zero-order valence-corrected chi connectivity index (χ0v) is 11.1. The maximum Gasteiger partial charge on any atom is 0.0868 e. The van der Waals surface area contributed by atoms with E-state index < -0.39 is 5.60 Å². The molecule has 0 aromatic heterocycles. The summed E-state index contributed by atoms with van der Waals surface area (Å²) in [5, 5.41) is 11.1. The molecule has 90 valence electrons. The summed E-state index contributed by atoms with van der Waals surface area (Å²) in [6, 6.07) is 7.46. The molecule has 0 aliphatic heterocycles. The monoisotopic (exact) mass is 240 g/mol. The second-order valence-corrected chi connectivity index (χ2v) is 5.50. The van der Waals surface area contributed by atoms with Crippen molar-refractivity contribution in [3.8, 4) is 0 Å². The molecule has 1 atom stereocenters. The summed E-state index contributed by atoms with van der Waals surface area (Å²) in [5.74, 6) is 0.695. The second kappa shape index (κ2) is 5.70. The minimum Gasteiger partial charge on any atom is -0.385 e. The van der Waals surface area contributed by atoms with E-state index in [-0.39, 0.29) is 0 Å². The summed E-state index contributed by atoms with van der Waals surface area (Å²) in [7, 11) is 0. The van der Waals surface area contributed by atoms with Crippen LogP contribution < -0.4 is 0 Å². The molecule has 16 heavy (non-hydrogen) atoms. The molecular weight excluding hydrogens is 220 g/mol. The summed E-state index contributed by atoms with van der Waals surface area (Å²) in [4.78, 5) is 0. The van der Waals surface area contributed by atoms with E-state index in [2.05, 4.69) is 13.8 Å². The number of hydrogen-bond donors (Lipinski definition) is 1. The molecular formula is C14H21ClO. The lowest BCUT2D eigenvalue weighted by Crippen LogP contribution is -2.21. The maximum atomic E-state index is 10.3. The highest BCUT2D eigenvalue weighted by atomic mass is 35.5. The fourth-order valence-electron chi connectivity index (χ4n) is 1.81.